The third-order valence-corrected chi connectivity index (χ3v) is 2.95. The first-order valence-corrected chi connectivity index (χ1v) is 5.99. The second-order valence-electron chi connectivity index (χ2n) is 4.96. The Morgan fingerprint density at radius 1 is 0.941 bits per heavy atom. The third kappa shape index (κ3) is 3.12. The summed E-state index contributed by atoms with van der Waals surface area (Å²) in [7, 11) is 0. The van der Waals surface area contributed by atoms with Gasteiger partial charge in [-0.25, -0.2) is 0 Å². The summed E-state index contributed by atoms with van der Waals surface area (Å²) in [6, 6.07) is 10.6. The molecule has 0 aliphatic carbocycles. The molecule has 1 heterocycles. The molecule has 0 unspecified atom stereocenters. The fraction of sp³-hybridized carbons (Fsp3) is 0.400. The first kappa shape index (κ1) is 14.7. The van der Waals surface area contributed by atoms with E-state index in [9.17, 15) is 0 Å². The molecule has 0 radical (unpaired) electrons. The van der Waals surface area contributed by atoms with Gasteiger partial charge in [0.15, 0.2) is 0 Å². The molecule has 0 saturated heterocycles. The van der Waals surface area contributed by atoms with Crippen LogP contribution in [0.2, 0.25) is 0 Å². The molecular formula is C15H19NU. The Labute approximate surface area is 127 Å². The fourth-order valence-corrected chi connectivity index (χ4v) is 2.07. The van der Waals surface area contributed by atoms with Gasteiger partial charge in [0.1, 0.15) is 0 Å². The van der Waals surface area contributed by atoms with Crippen molar-refractivity contribution in [3.8, 4) is 0 Å². The number of para-hydroxylation sites is 1. The van der Waals surface area contributed by atoms with Crippen LogP contribution in [0.4, 0.5) is 0 Å². The van der Waals surface area contributed by atoms with Crippen molar-refractivity contribution in [2.24, 2.45) is 0 Å². The first-order valence-electron chi connectivity index (χ1n) is 5.99. The van der Waals surface area contributed by atoms with E-state index in [-0.39, 0.29) is 31.1 Å². The molecule has 0 spiro atoms. The van der Waals surface area contributed by atoms with Crippen molar-refractivity contribution in [2.45, 2.75) is 39.5 Å². The van der Waals surface area contributed by atoms with Crippen LogP contribution in [0, 0.1) is 31.1 Å². The summed E-state index contributed by atoms with van der Waals surface area (Å²) >= 11 is 0. The van der Waals surface area contributed by atoms with Crippen molar-refractivity contribution in [3.63, 3.8) is 0 Å². The minimum Gasteiger partial charge on any atom is -0.252 e. The number of aromatic nitrogens is 1. The molecule has 0 saturated carbocycles. The molecular weight excluding hydrogens is 432 g/mol. The van der Waals surface area contributed by atoms with Crippen molar-refractivity contribution >= 4 is 10.9 Å². The van der Waals surface area contributed by atoms with E-state index in [0.717, 1.165) is 5.52 Å². The largest absolute Gasteiger partial charge is 0.252 e. The van der Waals surface area contributed by atoms with Crippen LogP contribution in [-0.4, -0.2) is 4.98 Å². The predicted molar refractivity (Wildman–Crippen MR) is 69.9 cm³/mol. The van der Waals surface area contributed by atoms with Crippen molar-refractivity contribution in [1.82, 2.24) is 4.98 Å². The van der Waals surface area contributed by atoms with Gasteiger partial charge in [-0.15, -0.1) is 0 Å². The quantitative estimate of drug-likeness (QED) is 0.656. The minimum atomic E-state index is 0. The van der Waals surface area contributed by atoms with Crippen LogP contribution < -0.4 is 0 Å². The smallest absolute Gasteiger partial charge is 0.0705 e. The van der Waals surface area contributed by atoms with Crippen LogP contribution in [-0.2, 0) is 0 Å². The van der Waals surface area contributed by atoms with Crippen molar-refractivity contribution < 1.29 is 31.1 Å². The van der Waals surface area contributed by atoms with Gasteiger partial charge in [-0.1, -0.05) is 45.9 Å². The zero-order valence-electron chi connectivity index (χ0n) is 11.0. The van der Waals surface area contributed by atoms with Gasteiger partial charge in [0.05, 0.1) is 5.52 Å². The number of nitrogens with zero attached hydrogens (tertiary/aromatic N) is 1. The van der Waals surface area contributed by atoms with Gasteiger partial charge in [-0.2, -0.15) is 0 Å². The van der Waals surface area contributed by atoms with Crippen molar-refractivity contribution in [3.05, 3.63) is 41.6 Å². The summed E-state index contributed by atoms with van der Waals surface area (Å²) in [6.07, 6.45) is 0. The van der Waals surface area contributed by atoms with Crippen LogP contribution in [0.1, 0.15) is 50.8 Å². The number of hydrogen-bond donors (Lipinski definition) is 0. The van der Waals surface area contributed by atoms with Gasteiger partial charge in [0.2, 0.25) is 0 Å². The molecule has 1 aromatic heterocycles. The summed E-state index contributed by atoms with van der Waals surface area (Å²) in [4.78, 5) is 4.80. The molecule has 2 aromatic rings. The summed E-state index contributed by atoms with van der Waals surface area (Å²) in [5.74, 6) is 1.02. The van der Waals surface area contributed by atoms with E-state index in [1.807, 2.05) is 0 Å². The van der Waals surface area contributed by atoms with Crippen LogP contribution in [0.25, 0.3) is 10.9 Å². The van der Waals surface area contributed by atoms with Gasteiger partial charge in [0.25, 0.3) is 0 Å². The zero-order valence-corrected chi connectivity index (χ0v) is 15.2. The number of benzene rings is 1. The maximum Gasteiger partial charge on any atom is 0.0705 e. The predicted octanol–water partition coefficient (Wildman–Crippen LogP) is 4.48. The molecule has 2 heteroatoms. The van der Waals surface area contributed by atoms with Gasteiger partial charge in [-0.05, 0) is 29.5 Å². The second kappa shape index (κ2) is 6.03. The maximum absolute atomic E-state index is 4.80. The summed E-state index contributed by atoms with van der Waals surface area (Å²) in [5.41, 5.74) is 3.73. The van der Waals surface area contributed by atoms with Crippen LogP contribution in [0.5, 0.6) is 0 Å². The SMILES string of the molecule is CC(C)c1cc2ccccc2nc1C(C)C.[U]. The van der Waals surface area contributed by atoms with E-state index >= 15 is 0 Å². The molecule has 0 bridgehead atoms. The number of pyridine rings is 1. The van der Waals surface area contributed by atoms with Crippen molar-refractivity contribution in [1.29, 1.82) is 0 Å². The molecule has 17 heavy (non-hydrogen) atoms. The van der Waals surface area contributed by atoms with Crippen molar-refractivity contribution in [2.75, 3.05) is 0 Å². The van der Waals surface area contributed by atoms with Gasteiger partial charge >= 0.3 is 0 Å². The maximum atomic E-state index is 4.80. The van der Waals surface area contributed by atoms with Crippen LogP contribution in [0.15, 0.2) is 30.3 Å². The molecule has 88 valence electrons. The van der Waals surface area contributed by atoms with E-state index in [1.165, 1.54) is 16.6 Å². The Morgan fingerprint density at radius 2 is 1.59 bits per heavy atom. The van der Waals surface area contributed by atoms with E-state index in [1.54, 1.807) is 0 Å². The van der Waals surface area contributed by atoms with E-state index < -0.39 is 0 Å². The molecule has 0 aliphatic heterocycles. The Bertz CT molecular complexity index is 457. The molecule has 2 rings (SSSR count). The molecule has 0 atom stereocenters. The second-order valence-corrected chi connectivity index (χ2v) is 4.96. The van der Waals surface area contributed by atoms with Gasteiger partial charge < -0.3 is 0 Å². The molecule has 0 N–H and O–H groups in total. The van der Waals surface area contributed by atoms with Gasteiger partial charge in [-0.3, -0.25) is 4.98 Å². The van der Waals surface area contributed by atoms with E-state index in [4.69, 9.17) is 4.98 Å². The minimum absolute atomic E-state index is 0. The molecule has 0 aliphatic rings. The van der Waals surface area contributed by atoms with Crippen LogP contribution >= 0.6 is 0 Å². The third-order valence-electron chi connectivity index (χ3n) is 2.95. The van der Waals surface area contributed by atoms with Gasteiger partial charge in [0, 0.05) is 42.2 Å². The van der Waals surface area contributed by atoms with E-state index in [0.29, 0.717) is 11.8 Å². The summed E-state index contributed by atoms with van der Waals surface area (Å²) < 4.78 is 0. The average Bonchev–Trinajstić information content (AvgIpc) is 2.27. The van der Waals surface area contributed by atoms with E-state index in [2.05, 4.69) is 58.0 Å². The Hall–Kier alpha value is -0.318. The molecule has 1 aromatic carbocycles. The first-order chi connectivity index (χ1) is 7.59. The Morgan fingerprint density at radius 3 is 2.18 bits per heavy atom. The molecule has 1 nitrogen and oxygen atoms in total. The fourth-order valence-electron chi connectivity index (χ4n) is 2.07. The normalized spacial score (nSPS) is 10.9. The number of rotatable bonds is 2. The Balaban J connectivity index is 0.00000144. The topological polar surface area (TPSA) is 12.9 Å². The molecule has 0 amide bonds. The average molecular weight is 451 g/mol. The zero-order chi connectivity index (χ0) is 11.7. The summed E-state index contributed by atoms with van der Waals surface area (Å²) in [6.45, 7) is 8.89. The standard InChI is InChI=1S/C15H19N.U/c1-10(2)13-9-12-7-5-6-8-14(12)16-15(13)11(3)4;/h5-11H,1-4H3;. The molecule has 0 fully saturated rings. The summed E-state index contributed by atoms with van der Waals surface area (Å²) in [5, 5.41) is 1.25. The Kier molecular flexibility index (Phi) is 5.23. The number of fused-ring (bicyclic) bond motifs is 1. The number of hydrogen-bond acceptors (Lipinski definition) is 1. The monoisotopic (exact) mass is 451 g/mol. The van der Waals surface area contributed by atoms with Crippen LogP contribution in [0.3, 0.4) is 0 Å².